The number of amides is 1. The smallest absolute Gasteiger partial charge is 0.221 e. The maximum atomic E-state index is 10.6. The van der Waals surface area contributed by atoms with Crippen molar-refractivity contribution in [3.05, 3.63) is 29.8 Å². The van der Waals surface area contributed by atoms with E-state index in [0.717, 1.165) is 11.3 Å². The van der Waals surface area contributed by atoms with Crippen LogP contribution in [0.25, 0.3) is 0 Å². The van der Waals surface area contributed by atoms with Gasteiger partial charge in [-0.1, -0.05) is 6.07 Å². The number of carbonyl (C=O) groups is 1. The highest BCUT2D eigenvalue weighted by molar-refractivity contribution is 5.88. The first kappa shape index (κ1) is 7.79. The van der Waals surface area contributed by atoms with Crippen molar-refractivity contribution >= 4 is 11.6 Å². The van der Waals surface area contributed by atoms with E-state index in [1.54, 1.807) is 6.07 Å². The largest absolute Gasteiger partial charge is 0.326 e. The van der Waals surface area contributed by atoms with E-state index in [4.69, 9.17) is 0 Å². The summed E-state index contributed by atoms with van der Waals surface area (Å²) in [5.74, 6) is -0.0457. The lowest BCUT2D eigenvalue weighted by molar-refractivity contribution is -0.114. The van der Waals surface area contributed by atoms with E-state index in [1.807, 2.05) is 19.1 Å². The molecule has 1 N–H and O–H groups in total. The summed E-state index contributed by atoms with van der Waals surface area (Å²) >= 11 is 0. The van der Waals surface area contributed by atoms with Crippen LogP contribution in [-0.2, 0) is 4.79 Å². The van der Waals surface area contributed by atoms with E-state index >= 15 is 0 Å². The van der Waals surface area contributed by atoms with Gasteiger partial charge in [0.25, 0.3) is 0 Å². The Balaban J connectivity index is 2.79. The zero-order valence-electron chi connectivity index (χ0n) is 6.64. The number of anilines is 1. The van der Waals surface area contributed by atoms with E-state index < -0.39 is 0 Å². The minimum Gasteiger partial charge on any atom is -0.326 e. The Morgan fingerprint density at radius 3 is 2.91 bits per heavy atom. The van der Waals surface area contributed by atoms with Crippen molar-refractivity contribution in [3.8, 4) is 0 Å². The summed E-state index contributed by atoms with van der Waals surface area (Å²) in [6.45, 7) is 3.43. The first-order chi connectivity index (χ1) is 5.18. The summed E-state index contributed by atoms with van der Waals surface area (Å²) in [6, 6.07) is 8.48. The fraction of sp³-hybridized carbons (Fsp3) is 0.222. The number of benzene rings is 1. The van der Waals surface area contributed by atoms with Crippen molar-refractivity contribution in [3.63, 3.8) is 0 Å². The van der Waals surface area contributed by atoms with Crippen LogP contribution in [0.2, 0.25) is 0 Å². The average Bonchev–Trinajstić information content (AvgIpc) is 1.85. The number of carbonyl (C=O) groups excluding carboxylic acids is 1. The van der Waals surface area contributed by atoms with Gasteiger partial charge in [-0.15, -0.1) is 0 Å². The third-order valence-electron chi connectivity index (χ3n) is 1.27. The van der Waals surface area contributed by atoms with Gasteiger partial charge in [-0.05, 0) is 30.7 Å². The second-order valence-electron chi connectivity index (χ2n) is 2.44. The predicted molar refractivity (Wildman–Crippen MR) is 44.3 cm³/mol. The van der Waals surface area contributed by atoms with E-state index in [0.29, 0.717) is 0 Å². The van der Waals surface area contributed by atoms with Crippen molar-refractivity contribution in [2.45, 2.75) is 13.8 Å². The summed E-state index contributed by atoms with van der Waals surface area (Å²) in [5.41, 5.74) is 1.85. The number of aryl methyl sites for hydroxylation is 1. The SMILES string of the molecule is CC(=O)Nc1cc[c]c(C)c1. The molecule has 0 unspecified atom stereocenters. The zero-order valence-corrected chi connectivity index (χ0v) is 6.64. The molecule has 0 bridgehead atoms. The average molecular weight is 148 g/mol. The second kappa shape index (κ2) is 3.19. The summed E-state index contributed by atoms with van der Waals surface area (Å²) < 4.78 is 0. The number of hydrogen-bond acceptors (Lipinski definition) is 1. The molecule has 0 aromatic heterocycles. The molecule has 1 aromatic rings. The molecule has 0 saturated heterocycles. The Hall–Kier alpha value is -1.31. The first-order valence-electron chi connectivity index (χ1n) is 3.44. The van der Waals surface area contributed by atoms with Crippen LogP contribution in [0.3, 0.4) is 0 Å². The zero-order chi connectivity index (χ0) is 8.27. The van der Waals surface area contributed by atoms with Gasteiger partial charge >= 0.3 is 0 Å². The number of nitrogens with one attached hydrogen (secondary N) is 1. The van der Waals surface area contributed by atoms with Gasteiger partial charge in [0.05, 0.1) is 0 Å². The van der Waals surface area contributed by atoms with Crippen LogP contribution in [0.15, 0.2) is 18.2 Å². The van der Waals surface area contributed by atoms with Gasteiger partial charge in [0.1, 0.15) is 0 Å². The molecule has 0 spiro atoms. The van der Waals surface area contributed by atoms with Crippen LogP contribution in [0, 0.1) is 13.0 Å². The van der Waals surface area contributed by atoms with E-state index in [9.17, 15) is 4.79 Å². The van der Waals surface area contributed by atoms with Gasteiger partial charge in [0.2, 0.25) is 5.91 Å². The molecule has 0 fully saturated rings. The molecule has 0 atom stereocenters. The van der Waals surface area contributed by atoms with E-state index in [1.165, 1.54) is 6.92 Å². The second-order valence-corrected chi connectivity index (χ2v) is 2.44. The summed E-state index contributed by atoms with van der Waals surface area (Å²) in [5, 5.41) is 2.69. The van der Waals surface area contributed by atoms with Crippen molar-refractivity contribution in [1.82, 2.24) is 0 Å². The Morgan fingerprint density at radius 1 is 1.64 bits per heavy atom. The van der Waals surface area contributed by atoms with Crippen molar-refractivity contribution in [2.75, 3.05) is 5.32 Å². The van der Waals surface area contributed by atoms with Gasteiger partial charge < -0.3 is 5.32 Å². The third kappa shape index (κ3) is 2.42. The van der Waals surface area contributed by atoms with Gasteiger partial charge in [-0.2, -0.15) is 0 Å². The monoisotopic (exact) mass is 148 g/mol. The molecule has 11 heavy (non-hydrogen) atoms. The highest BCUT2D eigenvalue weighted by atomic mass is 16.1. The molecule has 0 saturated carbocycles. The normalized spacial score (nSPS) is 9.27. The molecular weight excluding hydrogens is 138 g/mol. The lowest BCUT2D eigenvalue weighted by Gasteiger charge is -2.00. The van der Waals surface area contributed by atoms with Crippen molar-refractivity contribution < 1.29 is 4.79 Å². The lowest BCUT2D eigenvalue weighted by Crippen LogP contribution is -2.05. The molecule has 2 heteroatoms. The molecule has 0 aliphatic heterocycles. The number of rotatable bonds is 1. The molecule has 1 amide bonds. The molecule has 0 heterocycles. The lowest BCUT2D eigenvalue weighted by atomic mass is 10.2. The van der Waals surface area contributed by atoms with Crippen LogP contribution in [0.1, 0.15) is 12.5 Å². The highest BCUT2D eigenvalue weighted by Gasteiger charge is 1.93. The Kier molecular flexibility index (Phi) is 2.26. The number of hydrogen-bond donors (Lipinski definition) is 1. The Labute approximate surface area is 66.2 Å². The van der Waals surface area contributed by atoms with Gasteiger partial charge in [-0.25, -0.2) is 0 Å². The van der Waals surface area contributed by atoms with E-state index in [2.05, 4.69) is 11.4 Å². The fourth-order valence-corrected chi connectivity index (χ4v) is 0.867. The Morgan fingerprint density at radius 2 is 2.36 bits per heavy atom. The van der Waals surface area contributed by atoms with Crippen LogP contribution >= 0.6 is 0 Å². The van der Waals surface area contributed by atoms with Crippen LogP contribution in [-0.4, -0.2) is 5.91 Å². The minimum absolute atomic E-state index is 0.0457. The quantitative estimate of drug-likeness (QED) is 0.646. The van der Waals surface area contributed by atoms with Gasteiger partial charge in [-0.3, -0.25) is 4.79 Å². The summed E-state index contributed by atoms with van der Waals surface area (Å²) in [4.78, 5) is 10.6. The molecule has 1 aromatic carbocycles. The summed E-state index contributed by atoms with van der Waals surface area (Å²) in [7, 11) is 0. The molecule has 2 nitrogen and oxygen atoms in total. The highest BCUT2D eigenvalue weighted by Crippen LogP contribution is 2.07. The standard InChI is InChI=1S/C9H10NO/c1-7-4-3-5-9(6-7)10-8(2)11/h3,5-6H,1-2H3,(H,10,11). The van der Waals surface area contributed by atoms with E-state index in [-0.39, 0.29) is 5.91 Å². The first-order valence-corrected chi connectivity index (χ1v) is 3.44. The topological polar surface area (TPSA) is 29.1 Å². The van der Waals surface area contributed by atoms with Crippen LogP contribution < -0.4 is 5.32 Å². The molecule has 0 aliphatic carbocycles. The van der Waals surface area contributed by atoms with Crippen molar-refractivity contribution in [1.29, 1.82) is 0 Å². The maximum Gasteiger partial charge on any atom is 0.221 e. The molecular formula is C9H10NO. The van der Waals surface area contributed by atoms with Crippen LogP contribution in [0.5, 0.6) is 0 Å². The summed E-state index contributed by atoms with van der Waals surface area (Å²) in [6.07, 6.45) is 0. The van der Waals surface area contributed by atoms with Gasteiger partial charge in [0, 0.05) is 12.6 Å². The Bertz CT molecular complexity index is 268. The maximum absolute atomic E-state index is 10.6. The predicted octanol–water partition coefficient (Wildman–Crippen LogP) is 1.75. The van der Waals surface area contributed by atoms with Gasteiger partial charge in [0.15, 0.2) is 0 Å². The molecule has 1 radical (unpaired) electrons. The molecule has 0 aliphatic rings. The third-order valence-corrected chi connectivity index (χ3v) is 1.27. The van der Waals surface area contributed by atoms with Crippen molar-refractivity contribution in [2.24, 2.45) is 0 Å². The minimum atomic E-state index is -0.0457. The van der Waals surface area contributed by atoms with Crippen LogP contribution in [0.4, 0.5) is 5.69 Å². The fourth-order valence-electron chi connectivity index (χ4n) is 0.867. The molecule has 57 valence electrons. The molecule has 1 rings (SSSR count).